The SMILES string of the molecule is CCC(CN)C(=O)NC(C)c1cc(C)oc1C. The smallest absolute Gasteiger partial charge is 0.224 e. The van der Waals surface area contributed by atoms with Crippen LogP contribution in [-0.4, -0.2) is 12.5 Å². The Morgan fingerprint density at radius 2 is 2.18 bits per heavy atom. The van der Waals surface area contributed by atoms with E-state index in [2.05, 4.69) is 5.32 Å². The maximum atomic E-state index is 11.9. The van der Waals surface area contributed by atoms with E-state index in [-0.39, 0.29) is 17.9 Å². The van der Waals surface area contributed by atoms with Gasteiger partial charge in [0.2, 0.25) is 5.91 Å². The van der Waals surface area contributed by atoms with Crippen molar-refractivity contribution in [2.75, 3.05) is 6.54 Å². The maximum Gasteiger partial charge on any atom is 0.224 e. The fraction of sp³-hybridized carbons (Fsp3) is 0.615. The van der Waals surface area contributed by atoms with E-state index in [1.807, 2.05) is 33.8 Å². The normalized spacial score (nSPS) is 14.4. The van der Waals surface area contributed by atoms with E-state index in [1.54, 1.807) is 0 Å². The summed E-state index contributed by atoms with van der Waals surface area (Å²) in [6.45, 7) is 8.12. The Bertz CT molecular complexity index is 381. The quantitative estimate of drug-likeness (QED) is 0.825. The molecule has 0 aromatic carbocycles. The molecule has 1 heterocycles. The van der Waals surface area contributed by atoms with E-state index in [9.17, 15) is 4.79 Å². The molecule has 1 rings (SSSR count). The summed E-state index contributed by atoms with van der Waals surface area (Å²) < 4.78 is 5.45. The third-order valence-corrected chi connectivity index (χ3v) is 3.05. The third kappa shape index (κ3) is 3.33. The first-order valence-electron chi connectivity index (χ1n) is 6.06. The molecule has 3 N–H and O–H groups in total. The topological polar surface area (TPSA) is 68.3 Å². The summed E-state index contributed by atoms with van der Waals surface area (Å²) in [5.41, 5.74) is 6.58. The monoisotopic (exact) mass is 238 g/mol. The zero-order chi connectivity index (χ0) is 13.0. The average molecular weight is 238 g/mol. The van der Waals surface area contributed by atoms with Gasteiger partial charge in [0.1, 0.15) is 11.5 Å². The number of rotatable bonds is 5. The highest BCUT2D eigenvalue weighted by Gasteiger charge is 2.19. The number of hydrogen-bond acceptors (Lipinski definition) is 3. The summed E-state index contributed by atoms with van der Waals surface area (Å²) in [5, 5.41) is 2.97. The molecule has 2 atom stereocenters. The van der Waals surface area contributed by atoms with Gasteiger partial charge in [-0.2, -0.15) is 0 Å². The molecule has 1 aromatic rings. The van der Waals surface area contributed by atoms with Crippen LogP contribution in [0.3, 0.4) is 0 Å². The van der Waals surface area contributed by atoms with E-state index in [4.69, 9.17) is 10.2 Å². The Morgan fingerprint density at radius 1 is 1.53 bits per heavy atom. The number of nitrogens with one attached hydrogen (secondary N) is 1. The Kier molecular flexibility index (Phi) is 4.75. The minimum absolute atomic E-state index is 0.0146. The van der Waals surface area contributed by atoms with Gasteiger partial charge in [0.05, 0.1) is 6.04 Å². The number of carbonyl (C=O) groups is 1. The molecule has 17 heavy (non-hydrogen) atoms. The lowest BCUT2D eigenvalue weighted by atomic mass is 10.0. The molecule has 2 unspecified atom stereocenters. The fourth-order valence-corrected chi connectivity index (χ4v) is 1.95. The molecule has 1 amide bonds. The average Bonchev–Trinajstić information content (AvgIpc) is 2.59. The van der Waals surface area contributed by atoms with E-state index >= 15 is 0 Å². The van der Waals surface area contributed by atoms with Crippen LogP contribution in [0.1, 0.15) is 43.4 Å². The van der Waals surface area contributed by atoms with Crippen LogP contribution >= 0.6 is 0 Å². The highest BCUT2D eigenvalue weighted by molar-refractivity contribution is 5.79. The van der Waals surface area contributed by atoms with Crippen molar-refractivity contribution in [1.82, 2.24) is 5.32 Å². The van der Waals surface area contributed by atoms with Crippen molar-refractivity contribution in [3.8, 4) is 0 Å². The first-order valence-corrected chi connectivity index (χ1v) is 6.06. The lowest BCUT2D eigenvalue weighted by Gasteiger charge is -2.17. The van der Waals surface area contributed by atoms with Gasteiger partial charge >= 0.3 is 0 Å². The number of amides is 1. The largest absolute Gasteiger partial charge is 0.466 e. The van der Waals surface area contributed by atoms with Crippen LogP contribution in [0.25, 0.3) is 0 Å². The molecule has 0 saturated carbocycles. The van der Waals surface area contributed by atoms with E-state index in [0.29, 0.717) is 6.54 Å². The molecule has 0 saturated heterocycles. The number of carbonyl (C=O) groups excluding carboxylic acids is 1. The second kappa shape index (κ2) is 5.87. The van der Waals surface area contributed by atoms with Crippen LogP contribution in [0.4, 0.5) is 0 Å². The summed E-state index contributed by atoms with van der Waals surface area (Å²) in [7, 11) is 0. The highest BCUT2D eigenvalue weighted by atomic mass is 16.3. The molecular formula is C13H22N2O2. The predicted octanol–water partition coefficient (Wildman–Crippen LogP) is 2.06. The Labute approximate surface area is 103 Å². The number of hydrogen-bond donors (Lipinski definition) is 2. The van der Waals surface area contributed by atoms with Crippen LogP contribution < -0.4 is 11.1 Å². The van der Waals surface area contributed by atoms with Gasteiger partial charge < -0.3 is 15.5 Å². The molecule has 0 aliphatic rings. The summed E-state index contributed by atoms with van der Waals surface area (Å²) in [6, 6.07) is 1.92. The molecule has 0 spiro atoms. The summed E-state index contributed by atoms with van der Waals surface area (Å²) in [4.78, 5) is 11.9. The van der Waals surface area contributed by atoms with Gasteiger partial charge in [0, 0.05) is 18.0 Å². The van der Waals surface area contributed by atoms with Gasteiger partial charge in [-0.3, -0.25) is 4.79 Å². The molecule has 0 bridgehead atoms. The zero-order valence-corrected chi connectivity index (χ0v) is 11.0. The number of nitrogens with two attached hydrogens (primary N) is 1. The van der Waals surface area contributed by atoms with Crippen LogP contribution in [0.15, 0.2) is 10.5 Å². The minimum Gasteiger partial charge on any atom is -0.466 e. The van der Waals surface area contributed by atoms with Crippen LogP contribution in [0, 0.1) is 19.8 Å². The molecule has 96 valence electrons. The lowest BCUT2D eigenvalue weighted by molar-refractivity contribution is -0.125. The second-order valence-corrected chi connectivity index (χ2v) is 4.44. The molecule has 4 heteroatoms. The highest BCUT2D eigenvalue weighted by Crippen LogP contribution is 2.21. The van der Waals surface area contributed by atoms with Gasteiger partial charge in [-0.15, -0.1) is 0 Å². The Hall–Kier alpha value is -1.29. The van der Waals surface area contributed by atoms with Crippen LogP contribution in [0.5, 0.6) is 0 Å². The summed E-state index contributed by atoms with van der Waals surface area (Å²) in [5.74, 6) is 1.63. The molecular weight excluding hydrogens is 216 g/mol. The van der Waals surface area contributed by atoms with Crippen molar-refractivity contribution in [3.63, 3.8) is 0 Å². The van der Waals surface area contributed by atoms with E-state index < -0.39 is 0 Å². The van der Waals surface area contributed by atoms with Crippen LogP contribution in [0.2, 0.25) is 0 Å². The maximum absolute atomic E-state index is 11.9. The summed E-state index contributed by atoms with van der Waals surface area (Å²) in [6.07, 6.45) is 0.762. The van der Waals surface area contributed by atoms with Crippen molar-refractivity contribution < 1.29 is 9.21 Å². The van der Waals surface area contributed by atoms with Gasteiger partial charge in [-0.25, -0.2) is 0 Å². The molecule has 0 fully saturated rings. The first kappa shape index (κ1) is 13.8. The Balaban J connectivity index is 2.69. The van der Waals surface area contributed by atoms with Gasteiger partial charge in [-0.1, -0.05) is 6.92 Å². The first-order chi connectivity index (χ1) is 7.99. The molecule has 0 aliphatic heterocycles. The number of aryl methyl sites for hydroxylation is 2. The molecule has 0 radical (unpaired) electrons. The van der Waals surface area contributed by atoms with Crippen molar-refractivity contribution in [2.45, 2.75) is 40.2 Å². The molecule has 4 nitrogen and oxygen atoms in total. The lowest BCUT2D eigenvalue weighted by Crippen LogP contribution is -2.36. The second-order valence-electron chi connectivity index (χ2n) is 4.44. The standard InChI is InChI=1S/C13H22N2O2/c1-5-11(7-14)13(16)15-9(3)12-6-8(2)17-10(12)4/h6,9,11H,5,7,14H2,1-4H3,(H,15,16). The predicted molar refractivity (Wildman–Crippen MR) is 67.6 cm³/mol. The van der Waals surface area contributed by atoms with Gasteiger partial charge in [-0.05, 0) is 33.3 Å². The van der Waals surface area contributed by atoms with Crippen molar-refractivity contribution in [2.24, 2.45) is 11.7 Å². The van der Waals surface area contributed by atoms with Gasteiger partial charge in [0.15, 0.2) is 0 Å². The van der Waals surface area contributed by atoms with Crippen molar-refractivity contribution in [1.29, 1.82) is 0 Å². The Morgan fingerprint density at radius 3 is 2.59 bits per heavy atom. The summed E-state index contributed by atoms with van der Waals surface area (Å²) >= 11 is 0. The van der Waals surface area contributed by atoms with Crippen LogP contribution in [-0.2, 0) is 4.79 Å². The van der Waals surface area contributed by atoms with E-state index in [0.717, 1.165) is 23.5 Å². The molecule has 0 aliphatic carbocycles. The fourth-order valence-electron chi connectivity index (χ4n) is 1.95. The minimum atomic E-state index is -0.106. The van der Waals surface area contributed by atoms with Gasteiger partial charge in [0.25, 0.3) is 0 Å². The van der Waals surface area contributed by atoms with E-state index in [1.165, 1.54) is 0 Å². The number of furan rings is 1. The third-order valence-electron chi connectivity index (χ3n) is 3.05. The van der Waals surface area contributed by atoms with Crippen molar-refractivity contribution >= 4 is 5.91 Å². The van der Waals surface area contributed by atoms with Crippen molar-refractivity contribution in [3.05, 3.63) is 23.2 Å². The zero-order valence-electron chi connectivity index (χ0n) is 11.0. The molecule has 1 aromatic heterocycles.